The second-order valence-electron chi connectivity index (χ2n) is 11.2. The first kappa shape index (κ1) is 26.7. The normalized spacial score (nSPS) is 20.5. The summed E-state index contributed by atoms with van der Waals surface area (Å²) in [6, 6.07) is 14.8. The first-order chi connectivity index (χ1) is 19.2. The van der Waals surface area contributed by atoms with Gasteiger partial charge in [0, 0.05) is 49.5 Å². The van der Waals surface area contributed by atoms with E-state index in [0.717, 1.165) is 56.0 Å². The average molecular weight is 530 g/mol. The van der Waals surface area contributed by atoms with E-state index in [1.54, 1.807) is 0 Å². The minimum Gasteiger partial charge on any atom is -0.381 e. The van der Waals surface area contributed by atoms with Crippen LogP contribution in [0, 0.1) is 5.41 Å². The highest BCUT2D eigenvalue weighted by molar-refractivity contribution is 6.62. The van der Waals surface area contributed by atoms with E-state index in [4.69, 9.17) is 28.3 Å². The van der Waals surface area contributed by atoms with Gasteiger partial charge in [0.25, 0.3) is 5.91 Å². The Labute approximate surface area is 237 Å². The molecule has 1 spiro atoms. The molecule has 3 aliphatic heterocycles. The summed E-state index contributed by atoms with van der Waals surface area (Å²) < 4.78 is 5.54. The molecule has 2 saturated heterocycles. The van der Waals surface area contributed by atoms with Crippen LogP contribution in [-0.4, -0.2) is 88.1 Å². The standard InChI is InChI=1S/C28H29B3N6O3/c29-28(30,31)37-22-15-20(36-16-27(17-36)10-12-40-13-11-27)8-6-19(22)7-9-21(26(37)39)32-25(38)24-33-23(34-35-24)14-18-4-2-1-3-5-18/h1-6,8,15,21H,7,9-14,16-17H2,(H,32,38)(H,33,34,35). The highest BCUT2D eigenvalue weighted by Crippen LogP contribution is 2.43. The molecule has 198 valence electrons. The molecule has 1 atom stereocenters. The minimum atomic E-state index is -1.97. The van der Waals surface area contributed by atoms with Crippen LogP contribution in [0.15, 0.2) is 48.5 Å². The Hall–Kier alpha value is -3.53. The van der Waals surface area contributed by atoms with Gasteiger partial charge in [-0.3, -0.25) is 14.7 Å². The van der Waals surface area contributed by atoms with Gasteiger partial charge in [0.15, 0.2) is 0 Å². The van der Waals surface area contributed by atoms with Crippen molar-refractivity contribution in [2.75, 3.05) is 36.1 Å². The Morgan fingerprint density at radius 3 is 2.60 bits per heavy atom. The van der Waals surface area contributed by atoms with Crippen molar-refractivity contribution in [1.29, 1.82) is 0 Å². The highest BCUT2D eigenvalue weighted by Gasteiger charge is 2.44. The van der Waals surface area contributed by atoms with E-state index in [2.05, 4.69) is 31.5 Å². The Kier molecular flexibility index (Phi) is 6.98. The first-order valence-corrected chi connectivity index (χ1v) is 13.6. The summed E-state index contributed by atoms with van der Waals surface area (Å²) in [5.74, 6) is -0.557. The second kappa shape index (κ2) is 10.5. The molecule has 2 N–H and O–H groups in total. The van der Waals surface area contributed by atoms with Gasteiger partial charge < -0.3 is 19.9 Å². The van der Waals surface area contributed by atoms with E-state index in [1.165, 1.54) is 4.90 Å². The number of fused-ring (bicyclic) bond motifs is 1. The van der Waals surface area contributed by atoms with Crippen LogP contribution in [0.4, 0.5) is 11.4 Å². The largest absolute Gasteiger partial charge is 0.381 e. The zero-order valence-electron chi connectivity index (χ0n) is 22.3. The van der Waals surface area contributed by atoms with Crippen molar-refractivity contribution >= 4 is 46.7 Å². The number of H-pyrrole nitrogens is 1. The van der Waals surface area contributed by atoms with Crippen molar-refractivity contribution in [1.82, 2.24) is 20.5 Å². The molecule has 2 fully saturated rings. The zero-order chi connectivity index (χ0) is 27.9. The smallest absolute Gasteiger partial charge is 0.291 e. The number of carbonyl (C=O) groups excluding carboxylic acids is 2. The molecule has 40 heavy (non-hydrogen) atoms. The molecule has 0 bridgehead atoms. The van der Waals surface area contributed by atoms with Crippen molar-refractivity contribution in [3.05, 3.63) is 71.3 Å². The maximum Gasteiger partial charge on any atom is 0.291 e. The molecule has 9 nitrogen and oxygen atoms in total. The second-order valence-corrected chi connectivity index (χ2v) is 11.2. The van der Waals surface area contributed by atoms with Gasteiger partial charge in [0.2, 0.25) is 11.7 Å². The van der Waals surface area contributed by atoms with Gasteiger partial charge in [-0.2, -0.15) is 0 Å². The molecule has 1 aromatic heterocycles. The van der Waals surface area contributed by atoms with Crippen LogP contribution in [-0.2, 0) is 22.4 Å². The van der Waals surface area contributed by atoms with E-state index in [-0.39, 0.29) is 11.2 Å². The molecule has 6 radical (unpaired) electrons. The molecule has 3 aliphatic rings. The number of aryl methyl sites for hydroxylation is 1. The van der Waals surface area contributed by atoms with Gasteiger partial charge in [-0.05, 0) is 48.9 Å². The molecule has 12 heteroatoms. The lowest BCUT2D eigenvalue weighted by Gasteiger charge is -2.53. The summed E-state index contributed by atoms with van der Waals surface area (Å²) in [4.78, 5) is 34.6. The van der Waals surface area contributed by atoms with Gasteiger partial charge in [-0.25, -0.2) is 4.98 Å². The zero-order valence-corrected chi connectivity index (χ0v) is 22.3. The monoisotopic (exact) mass is 530 g/mol. The van der Waals surface area contributed by atoms with E-state index in [9.17, 15) is 9.59 Å². The van der Waals surface area contributed by atoms with Gasteiger partial charge in [-0.15, -0.1) is 5.10 Å². The molecule has 1 unspecified atom stereocenters. The molecule has 3 aromatic rings. The highest BCUT2D eigenvalue weighted by atomic mass is 16.5. The third kappa shape index (κ3) is 5.29. The first-order valence-electron chi connectivity index (χ1n) is 13.6. The van der Waals surface area contributed by atoms with Crippen molar-refractivity contribution < 1.29 is 14.3 Å². The van der Waals surface area contributed by atoms with E-state index in [0.29, 0.717) is 30.8 Å². The van der Waals surface area contributed by atoms with Gasteiger partial charge >= 0.3 is 0 Å². The number of ether oxygens (including phenoxy) is 1. The SMILES string of the molecule is [B]C([B])([B])N1C(=O)C(NC(=O)c2n[nH]c(Cc3ccccc3)n2)CCc2ccc(N3CC4(CCOCC4)C3)cc21. The molecule has 0 aliphatic carbocycles. The molecular formula is C28H29B3N6O3. The predicted molar refractivity (Wildman–Crippen MR) is 154 cm³/mol. The summed E-state index contributed by atoms with van der Waals surface area (Å²) in [6.07, 6.45) is 3.47. The maximum atomic E-state index is 13.8. The fourth-order valence-electron chi connectivity index (χ4n) is 5.95. The van der Waals surface area contributed by atoms with Crippen LogP contribution in [0.1, 0.15) is 46.8 Å². The van der Waals surface area contributed by atoms with Crippen LogP contribution in [0.5, 0.6) is 0 Å². The molecule has 2 amide bonds. The Morgan fingerprint density at radius 1 is 1.12 bits per heavy atom. The average Bonchev–Trinajstić information content (AvgIpc) is 3.33. The van der Waals surface area contributed by atoms with Crippen LogP contribution in [0.2, 0.25) is 0 Å². The lowest BCUT2D eigenvalue weighted by atomic mass is 9.48. The Bertz CT molecular complexity index is 1400. The van der Waals surface area contributed by atoms with Crippen molar-refractivity contribution in [2.45, 2.75) is 43.4 Å². The number of aromatic amines is 1. The topological polar surface area (TPSA) is 103 Å². The molecular weight excluding hydrogens is 501 g/mol. The number of hydrogen-bond donors (Lipinski definition) is 2. The van der Waals surface area contributed by atoms with Crippen molar-refractivity contribution in [2.24, 2.45) is 5.41 Å². The lowest BCUT2D eigenvalue weighted by molar-refractivity contribution is -0.120. The summed E-state index contributed by atoms with van der Waals surface area (Å²) in [7, 11) is 18.4. The number of carbonyl (C=O) groups is 2. The van der Waals surface area contributed by atoms with Crippen LogP contribution < -0.4 is 15.1 Å². The van der Waals surface area contributed by atoms with E-state index < -0.39 is 23.1 Å². The summed E-state index contributed by atoms with van der Waals surface area (Å²) in [5.41, 5.74) is 3.73. The molecule has 6 rings (SSSR count). The molecule has 0 saturated carbocycles. The number of anilines is 2. The third-order valence-corrected chi connectivity index (χ3v) is 8.14. The fourth-order valence-corrected chi connectivity index (χ4v) is 5.95. The number of nitrogens with zero attached hydrogens (tertiary/aromatic N) is 4. The number of benzene rings is 2. The van der Waals surface area contributed by atoms with Gasteiger partial charge in [0.1, 0.15) is 11.9 Å². The lowest BCUT2D eigenvalue weighted by Crippen LogP contribution is -2.60. The summed E-state index contributed by atoms with van der Waals surface area (Å²) >= 11 is 0. The number of rotatable bonds is 6. The maximum absolute atomic E-state index is 13.8. The van der Waals surface area contributed by atoms with E-state index in [1.807, 2.05) is 42.5 Å². The summed E-state index contributed by atoms with van der Waals surface area (Å²) in [6.45, 7) is 3.46. The molecule has 2 aromatic carbocycles. The Morgan fingerprint density at radius 2 is 1.88 bits per heavy atom. The Balaban J connectivity index is 1.18. The van der Waals surface area contributed by atoms with Gasteiger partial charge in [-0.1, -0.05) is 41.6 Å². The number of aromatic nitrogens is 3. The van der Waals surface area contributed by atoms with E-state index >= 15 is 0 Å². The number of hydrogen-bond acceptors (Lipinski definition) is 6. The molecule has 4 heterocycles. The number of amides is 2. The third-order valence-electron chi connectivity index (χ3n) is 8.14. The number of nitrogens with one attached hydrogen (secondary N) is 2. The van der Waals surface area contributed by atoms with Crippen molar-refractivity contribution in [3.63, 3.8) is 0 Å². The van der Waals surface area contributed by atoms with Crippen LogP contribution in [0.3, 0.4) is 0 Å². The minimum absolute atomic E-state index is 0.0475. The van der Waals surface area contributed by atoms with Crippen molar-refractivity contribution in [3.8, 4) is 0 Å². The van der Waals surface area contributed by atoms with Crippen LogP contribution in [0.25, 0.3) is 0 Å². The fraction of sp³-hybridized carbons (Fsp3) is 0.429. The van der Waals surface area contributed by atoms with Gasteiger partial charge in [0.05, 0.1) is 23.5 Å². The predicted octanol–water partition coefficient (Wildman–Crippen LogP) is 1.21. The summed E-state index contributed by atoms with van der Waals surface area (Å²) in [5, 5.41) is 7.66. The van der Waals surface area contributed by atoms with Crippen LogP contribution >= 0.6 is 0 Å². The quantitative estimate of drug-likeness (QED) is 0.465.